The summed E-state index contributed by atoms with van der Waals surface area (Å²) in [5, 5.41) is 0. The summed E-state index contributed by atoms with van der Waals surface area (Å²) in [5.41, 5.74) is 0. The van der Waals surface area contributed by atoms with Crippen molar-refractivity contribution in [1.29, 1.82) is 0 Å². The lowest BCUT2D eigenvalue weighted by molar-refractivity contribution is -0.167. The first-order chi connectivity index (χ1) is 34.0. The van der Waals surface area contributed by atoms with Gasteiger partial charge in [0.15, 0.2) is 6.10 Å². The molecule has 0 aliphatic carbocycles. The number of hydrogen-bond acceptors (Lipinski definition) is 6. The Labute approximate surface area is 426 Å². The molecule has 6 nitrogen and oxygen atoms in total. The van der Waals surface area contributed by atoms with Gasteiger partial charge in [0.05, 0.1) is 0 Å². The fraction of sp³-hybridized carbons (Fsp3) is 0.698. The highest BCUT2D eigenvalue weighted by molar-refractivity contribution is 5.71. The Hall–Kier alpha value is -3.67. The monoisotopic (exact) mass is 959 g/mol. The van der Waals surface area contributed by atoms with Gasteiger partial charge in [0.2, 0.25) is 0 Å². The summed E-state index contributed by atoms with van der Waals surface area (Å²) in [4.78, 5) is 38.2. The highest BCUT2D eigenvalue weighted by atomic mass is 16.6. The molecular weight excluding hydrogens is 853 g/mol. The van der Waals surface area contributed by atoms with Gasteiger partial charge in [-0.15, -0.1) is 0 Å². The van der Waals surface area contributed by atoms with Crippen molar-refractivity contribution < 1.29 is 28.6 Å². The van der Waals surface area contributed by atoms with Crippen LogP contribution >= 0.6 is 0 Å². The van der Waals surface area contributed by atoms with Crippen LogP contribution in [-0.4, -0.2) is 37.2 Å². The molecule has 0 saturated heterocycles. The molecular formula is C63H106O6. The maximum Gasteiger partial charge on any atom is 0.306 e. The molecule has 0 aromatic heterocycles. The van der Waals surface area contributed by atoms with E-state index in [-0.39, 0.29) is 31.1 Å². The minimum absolute atomic E-state index is 0.0989. The summed E-state index contributed by atoms with van der Waals surface area (Å²) in [6.45, 7) is 6.38. The fourth-order valence-electron chi connectivity index (χ4n) is 7.84. The smallest absolute Gasteiger partial charge is 0.306 e. The van der Waals surface area contributed by atoms with Gasteiger partial charge in [0.25, 0.3) is 0 Å². The van der Waals surface area contributed by atoms with Gasteiger partial charge in [-0.3, -0.25) is 14.4 Å². The summed E-state index contributed by atoms with van der Waals surface area (Å²) in [7, 11) is 0. The highest BCUT2D eigenvalue weighted by Crippen LogP contribution is 2.16. The van der Waals surface area contributed by atoms with E-state index in [0.29, 0.717) is 19.3 Å². The highest BCUT2D eigenvalue weighted by Gasteiger charge is 2.19. The second-order valence-electron chi connectivity index (χ2n) is 18.8. The van der Waals surface area contributed by atoms with Gasteiger partial charge in [-0.2, -0.15) is 0 Å². The zero-order valence-corrected chi connectivity index (χ0v) is 45.0. The molecule has 69 heavy (non-hydrogen) atoms. The zero-order chi connectivity index (χ0) is 50.0. The van der Waals surface area contributed by atoms with E-state index in [9.17, 15) is 14.4 Å². The van der Waals surface area contributed by atoms with Crippen LogP contribution in [0.3, 0.4) is 0 Å². The summed E-state index contributed by atoms with van der Waals surface area (Å²) in [6.07, 6.45) is 75.4. The van der Waals surface area contributed by atoms with E-state index >= 15 is 0 Å². The van der Waals surface area contributed by atoms with Crippen LogP contribution < -0.4 is 0 Å². The maximum absolute atomic E-state index is 12.9. The molecule has 0 rings (SSSR count). The normalized spacial score (nSPS) is 12.8. The van der Waals surface area contributed by atoms with E-state index in [4.69, 9.17) is 14.2 Å². The molecule has 0 aliphatic rings. The van der Waals surface area contributed by atoms with Crippen molar-refractivity contribution in [3.05, 3.63) is 97.2 Å². The van der Waals surface area contributed by atoms with Crippen LogP contribution in [0.4, 0.5) is 0 Å². The predicted octanol–water partition coefficient (Wildman–Crippen LogP) is 19.3. The molecule has 1 atom stereocenters. The summed E-state index contributed by atoms with van der Waals surface area (Å²) in [6, 6.07) is 0. The largest absolute Gasteiger partial charge is 0.462 e. The van der Waals surface area contributed by atoms with Crippen molar-refractivity contribution in [2.75, 3.05) is 13.2 Å². The van der Waals surface area contributed by atoms with Crippen LogP contribution in [0.5, 0.6) is 0 Å². The number of rotatable bonds is 51. The Balaban J connectivity index is 4.45. The van der Waals surface area contributed by atoms with Crippen molar-refractivity contribution in [1.82, 2.24) is 0 Å². The lowest BCUT2D eigenvalue weighted by Gasteiger charge is -2.18. The van der Waals surface area contributed by atoms with E-state index in [0.717, 1.165) is 128 Å². The van der Waals surface area contributed by atoms with Gasteiger partial charge in [0.1, 0.15) is 13.2 Å². The molecule has 0 fully saturated rings. The Morgan fingerprint density at radius 3 is 0.899 bits per heavy atom. The third-order valence-corrected chi connectivity index (χ3v) is 12.1. The van der Waals surface area contributed by atoms with Crippen LogP contribution in [0.1, 0.15) is 265 Å². The van der Waals surface area contributed by atoms with E-state index in [1.807, 2.05) is 0 Å². The van der Waals surface area contributed by atoms with E-state index in [1.165, 1.54) is 96.3 Å². The van der Waals surface area contributed by atoms with Gasteiger partial charge in [0, 0.05) is 19.3 Å². The number of carbonyl (C=O) groups excluding carboxylic acids is 3. The maximum atomic E-state index is 12.9. The molecule has 0 aliphatic heterocycles. The van der Waals surface area contributed by atoms with Gasteiger partial charge in [-0.1, -0.05) is 246 Å². The van der Waals surface area contributed by atoms with Crippen LogP contribution in [0.25, 0.3) is 0 Å². The molecule has 0 heterocycles. The molecule has 394 valence electrons. The van der Waals surface area contributed by atoms with Crippen molar-refractivity contribution in [3.8, 4) is 0 Å². The van der Waals surface area contributed by atoms with Crippen LogP contribution in [0, 0.1) is 0 Å². The predicted molar refractivity (Wildman–Crippen MR) is 297 cm³/mol. The van der Waals surface area contributed by atoms with Crippen molar-refractivity contribution in [2.45, 2.75) is 271 Å². The third-order valence-electron chi connectivity index (χ3n) is 12.1. The SMILES string of the molecule is CC/C=C\C/C=C\C/C=C\C/C=C\C/C=C\CCCCCC(=O)OCC(COC(=O)CCCCCC/C=C\C/C=C\C/C=C\CC)OC(=O)CCCCCCCCCCCCCCCCCCCC. The average Bonchev–Trinajstić information content (AvgIpc) is 3.35. The lowest BCUT2D eigenvalue weighted by atomic mass is 10.0. The van der Waals surface area contributed by atoms with Crippen LogP contribution in [-0.2, 0) is 28.6 Å². The molecule has 0 bridgehead atoms. The Morgan fingerprint density at radius 2 is 0.565 bits per heavy atom. The second-order valence-corrected chi connectivity index (χ2v) is 18.8. The standard InChI is InChI=1S/C63H106O6/c1-4-7-10-13-16-19-22-25-28-30-32-34-35-38-41-44-47-50-53-56-62(65)68-59-60(58-67-61(64)55-52-49-46-43-40-37-27-24-21-18-15-12-9-6-3)69-63(66)57-54-51-48-45-42-39-36-33-31-29-26-23-20-17-14-11-8-5-2/h7,9-10,12,16,18-19,21,25,27-28,32,34,37-38,41,60H,4-6,8,11,13-15,17,20,22-24,26,29-31,33,35-36,39-40,42-59H2,1-3H3/b10-7-,12-9-,19-16-,21-18-,28-25-,34-32-,37-27-,41-38-. The first-order valence-corrected chi connectivity index (χ1v) is 28.7. The molecule has 0 aromatic carbocycles. The van der Waals surface area contributed by atoms with E-state index in [2.05, 4.69) is 118 Å². The number of esters is 3. The molecule has 0 amide bonds. The number of ether oxygens (including phenoxy) is 3. The summed E-state index contributed by atoms with van der Waals surface area (Å²) in [5.74, 6) is -0.946. The fourth-order valence-corrected chi connectivity index (χ4v) is 7.84. The first kappa shape index (κ1) is 65.3. The molecule has 0 spiro atoms. The molecule has 0 saturated carbocycles. The molecule has 0 radical (unpaired) electrons. The quantitative estimate of drug-likeness (QED) is 0.0262. The number of carbonyl (C=O) groups is 3. The van der Waals surface area contributed by atoms with Crippen LogP contribution in [0.15, 0.2) is 97.2 Å². The minimum Gasteiger partial charge on any atom is -0.462 e. The van der Waals surface area contributed by atoms with Crippen molar-refractivity contribution in [2.24, 2.45) is 0 Å². The molecule has 6 heteroatoms. The second kappa shape index (κ2) is 56.9. The summed E-state index contributed by atoms with van der Waals surface area (Å²) < 4.78 is 16.8. The van der Waals surface area contributed by atoms with Gasteiger partial charge in [-0.05, 0) is 96.3 Å². The summed E-state index contributed by atoms with van der Waals surface area (Å²) >= 11 is 0. The Bertz CT molecular complexity index is 1380. The van der Waals surface area contributed by atoms with Gasteiger partial charge < -0.3 is 14.2 Å². The van der Waals surface area contributed by atoms with E-state index in [1.54, 1.807) is 0 Å². The average molecular weight is 960 g/mol. The van der Waals surface area contributed by atoms with Gasteiger partial charge in [-0.25, -0.2) is 0 Å². The van der Waals surface area contributed by atoms with Crippen molar-refractivity contribution in [3.63, 3.8) is 0 Å². The lowest BCUT2D eigenvalue weighted by Crippen LogP contribution is -2.30. The molecule has 0 aromatic rings. The van der Waals surface area contributed by atoms with E-state index < -0.39 is 6.10 Å². The number of unbranched alkanes of at least 4 members (excludes halogenated alkanes) is 24. The number of hydrogen-bond donors (Lipinski definition) is 0. The third kappa shape index (κ3) is 55.1. The first-order valence-electron chi connectivity index (χ1n) is 28.7. The molecule has 1 unspecified atom stereocenters. The minimum atomic E-state index is -0.800. The Kier molecular flexibility index (Phi) is 53.9. The Morgan fingerprint density at radius 1 is 0.304 bits per heavy atom. The van der Waals surface area contributed by atoms with Crippen LogP contribution in [0.2, 0.25) is 0 Å². The topological polar surface area (TPSA) is 78.9 Å². The van der Waals surface area contributed by atoms with Crippen molar-refractivity contribution >= 4 is 17.9 Å². The number of allylic oxidation sites excluding steroid dienone is 16. The molecule has 0 N–H and O–H groups in total. The zero-order valence-electron chi connectivity index (χ0n) is 45.0. The van der Waals surface area contributed by atoms with Gasteiger partial charge >= 0.3 is 17.9 Å².